The van der Waals surface area contributed by atoms with Gasteiger partial charge in [0, 0.05) is 40.4 Å². The first-order chi connectivity index (χ1) is 14.9. The van der Waals surface area contributed by atoms with Gasteiger partial charge in [-0.25, -0.2) is 0 Å². The van der Waals surface area contributed by atoms with Gasteiger partial charge in [0.15, 0.2) is 5.75 Å². The molecule has 1 N–H and O–H groups in total. The third-order valence-corrected chi connectivity index (χ3v) is 6.95. The highest BCUT2D eigenvalue weighted by Crippen LogP contribution is 2.37. The maximum Gasteiger partial charge on any atom is 0.308 e. The Kier molecular flexibility index (Phi) is 6.55. The van der Waals surface area contributed by atoms with E-state index in [1.54, 1.807) is 11.0 Å². The van der Waals surface area contributed by atoms with Crippen LogP contribution in [0.2, 0.25) is 5.02 Å². The average molecular weight is 460 g/mol. The number of piperidine rings is 1. The molecule has 1 unspecified atom stereocenters. The van der Waals surface area contributed by atoms with E-state index in [2.05, 4.69) is 12.6 Å². The number of carbonyl (C=O) groups excluding carboxylic acids is 1. The van der Waals surface area contributed by atoms with E-state index in [4.69, 9.17) is 21.4 Å². The second kappa shape index (κ2) is 9.34. The SMILES string of the molecule is C=C(C(=O)N1CCCC(C(=O)O)C1)c1ccc(Sc2ccc3c(c2)CCOO3)c(Cl)c1. The molecule has 1 fully saturated rings. The fourth-order valence-corrected chi connectivity index (χ4v) is 4.91. The zero-order valence-electron chi connectivity index (χ0n) is 16.8. The van der Waals surface area contributed by atoms with Crippen molar-refractivity contribution in [2.24, 2.45) is 5.92 Å². The molecule has 1 amide bonds. The highest BCUT2D eigenvalue weighted by atomic mass is 35.5. The van der Waals surface area contributed by atoms with Crippen LogP contribution in [0.1, 0.15) is 24.0 Å². The van der Waals surface area contributed by atoms with Crippen molar-refractivity contribution < 1.29 is 24.5 Å². The number of benzene rings is 2. The lowest BCUT2D eigenvalue weighted by molar-refractivity contribution is -0.215. The van der Waals surface area contributed by atoms with Crippen LogP contribution in [0.3, 0.4) is 0 Å². The lowest BCUT2D eigenvalue weighted by Crippen LogP contribution is -2.42. The van der Waals surface area contributed by atoms with Crippen molar-refractivity contribution in [3.63, 3.8) is 0 Å². The highest BCUT2D eigenvalue weighted by molar-refractivity contribution is 7.99. The lowest BCUT2D eigenvalue weighted by atomic mass is 9.97. The van der Waals surface area contributed by atoms with Gasteiger partial charge in [-0.3, -0.25) is 9.59 Å². The van der Waals surface area contributed by atoms with E-state index in [0.717, 1.165) is 27.5 Å². The van der Waals surface area contributed by atoms with Gasteiger partial charge in [-0.1, -0.05) is 36.0 Å². The summed E-state index contributed by atoms with van der Waals surface area (Å²) >= 11 is 8.04. The third kappa shape index (κ3) is 4.89. The number of carboxylic acids is 1. The molecule has 0 aromatic heterocycles. The first-order valence-electron chi connectivity index (χ1n) is 10.0. The summed E-state index contributed by atoms with van der Waals surface area (Å²) in [5.74, 6) is -0.913. The van der Waals surface area contributed by atoms with Gasteiger partial charge in [0.25, 0.3) is 5.91 Å². The second-order valence-corrected chi connectivity index (χ2v) is 9.10. The third-order valence-electron chi connectivity index (χ3n) is 5.46. The number of nitrogens with zero attached hydrogens (tertiary/aromatic N) is 1. The van der Waals surface area contributed by atoms with Gasteiger partial charge < -0.3 is 14.9 Å². The van der Waals surface area contributed by atoms with Crippen molar-refractivity contribution in [2.45, 2.75) is 29.1 Å². The summed E-state index contributed by atoms with van der Waals surface area (Å²) in [6.45, 7) is 5.22. The molecule has 1 atom stereocenters. The number of hydrogen-bond donors (Lipinski definition) is 1. The van der Waals surface area contributed by atoms with E-state index in [1.807, 2.05) is 24.3 Å². The molecule has 2 heterocycles. The zero-order valence-corrected chi connectivity index (χ0v) is 18.4. The van der Waals surface area contributed by atoms with Gasteiger partial charge in [0.2, 0.25) is 0 Å². The number of carbonyl (C=O) groups is 2. The summed E-state index contributed by atoms with van der Waals surface area (Å²) in [6, 6.07) is 11.3. The summed E-state index contributed by atoms with van der Waals surface area (Å²) in [4.78, 5) is 37.8. The van der Waals surface area contributed by atoms with Crippen LogP contribution >= 0.6 is 23.4 Å². The molecular weight excluding hydrogens is 438 g/mol. The Morgan fingerprint density at radius 2 is 2.06 bits per heavy atom. The van der Waals surface area contributed by atoms with Crippen LogP contribution in [-0.4, -0.2) is 41.6 Å². The molecule has 0 radical (unpaired) electrons. The number of halogens is 1. The average Bonchev–Trinajstić information content (AvgIpc) is 2.79. The molecule has 8 heteroatoms. The van der Waals surface area contributed by atoms with Crippen LogP contribution in [0.25, 0.3) is 5.57 Å². The molecule has 2 aliphatic heterocycles. The predicted octanol–water partition coefficient (Wildman–Crippen LogP) is 4.69. The van der Waals surface area contributed by atoms with Crippen molar-refractivity contribution >= 4 is 40.8 Å². The Morgan fingerprint density at radius 3 is 2.84 bits per heavy atom. The Bertz CT molecular complexity index is 1040. The van der Waals surface area contributed by atoms with E-state index in [-0.39, 0.29) is 12.5 Å². The van der Waals surface area contributed by atoms with Crippen LogP contribution in [0.15, 0.2) is 52.8 Å². The monoisotopic (exact) mass is 459 g/mol. The Balaban J connectivity index is 1.46. The van der Waals surface area contributed by atoms with Crippen molar-refractivity contribution in [3.8, 4) is 5.75 Å². The maximum atomic E-state index is 12.9. The minimum atomic E-state index is -0.867. The van der Waals surface area contributed by atoms with Gasteiger partial charge in [0.1, 0.15) is 0 Å². The van der Waals surface area contributed by atoms with Gasteiger partial charge in [0.05, 0.1) is 17.5 Å². The standard InChI is InChI=1S/C23H22ClNO5S/c1-14(22(26)25-9-2-3-17(13-25)23(27)28)15-4-7-21(19(24)12-15)31-18-5-6-20-16(11-18)8-10-29-30-20/h4-7,11-12,17H,1-3,8-10,13H2,(H,27,28). The first kappa shape index (κ1) is 21.7. The van der Waals surface area contributed by atoms with E-state index in [1.165, 1.54) is 11.8 Å². The smallest absolute Gasteiger partial charge is 0.308 e. The largest absolute Gasteiger partial charge is 0.481 e. The fraction of sp³-hybridized carbons (Fsp3) is 0.304. The zero-order chi connectivity index (χ0) is 22.0. The molecule has 4 rings (SSSR count). The minimum absolute atomic E-state index is 0.210. The van der Waals surface area contributed by atoms with E-state index in [9.17, 15) is 14.7 Å². The lowest BCUT2D eigenvalue weighted by Gasteiger charge is -2.31. The van der Waals surface area contributed by atoms with Crippen molar-refractivity contribution in [1.82, 2.24) is 4.90 Å². The van der Waals surface area contributed by atoms with Crippen LogP contribution < -0.4 is 4.89 Å². The van der Waals surface area contributed by atoms with Crippen LogP contribution in [-0.2, 0) is 20.9 Å². The Morgan fingerprint density at radius 1 is 1.23 bits per heavy atom. The number of fused-ring (bicyclic) bond motifs is 1. The van der Waals surface area contributed by atoms with Gasteiger partial charge in [-0.05, 0) is 48.7 Å². The molecule has 0 spiro atoms. The highest BCUT2D eigenvalue weighted by Gasteiger charge is 2.29. The van der Waals surface area contributed by atoms with Crippen LogP contribution in [0.4, 0.5) is 0 Å². The van der Waals surface area contributed by atoms with Crippen molar-refractivity contribution in [1.29, 1.82) is 0 Å². The van der Waals surface area contributed by atoms with Crippen LogP contribution in [0, 0.1) is 5.92 Å². The number of likely N-dealkylation sites (tertiary alicyclic amines) is 1. The van der Waals surface area contributed by atoms with Gasteiger partial charge in [-0.2, -0.15) is 4.89 Å². The molecular formula is C23H22ClNO5S. The van der Waals surface area contributed by atoms with E-state index >= 15 is 0 Å². The maximum absolute atomic E-state index is 12.9. The van der Waals surface area contributed by atoms with Gasteiger partial charge in [-0.15, -0.1) is 0 Å². The Labute approximate surface area is 189 Å². The summed E-state index contributed by atoms with van der Waals surface area (Å²) in [5.41, 5.74) is 2.03. The Hall–Kier alpha value is -2.48. The quantitative estimate of drug-likeness (QED) is 0.516. The van der Waals surface area contributed by atoms with E-state index in [0.29, 0.717) is 42.2 Å². The molecule has 1 saturated heterocycles. The number of amides is 1. The number of aliphatic carboxylic acids is 1. The molecule has 0 saturated carbocycles. The molecule has 2 aromatic carbocycles. The molecule has 2 aromatic rings. The number of rotatable bonds is 5. The van der Waals surface area contributed by atoms with Crippen molar-refractivity contribution in [2.75, 3.05) is 19.7 Å². The fourth-order valence-electron chi connectivity index (χ4n) is 3.73. The summed E-state index contributed by atoms with van der Waals surface area (Å²) < 4.78 is 0. The second-order valence-electron chi connectivity index (χ2n) is 7.58. The topological polar surface area (TPSA) is 76.1 Å². The molecule has 31 heavy (non-hydrogen) atoms. The molecule has 0 aliphatic carbocycles. The first-order valence-corrected chi connectivity index (χ1v) is 11.2. The molecule has 162 valence electrons. The summed E-state index contributed by atoms with van der Waals surface area (Å²) in [5, 5.41) is 9.78. The van der Waals surface area contributed by atoms with E-state index < -0.39 is 11.9 Å². The minimum Gasteiger partial charge on any atom is -0.481 e. The normalized spacial score (nSPS) is 18.1. The van der Waals surface area contributed by atoms with Crippen LogP contribution in [0.5, 0.6) is 5.75 Å². The predicted molar refractivity (Wildman–Crippen MR) is 118 cm³/mol. The molecule has 0 bridgehead atoms. The van der Waals surface area contributed by atoms with Gasteiger partial charge >= 0.3 is 5.97 Å². The summed E-state index contributed by atoms with van der Waals surface area (Å²) in [6.07, 6.45) is 2.05. The molecule has 6 nitrogen and oxygen atoms in total. The number of hydrogen-bond acceptors (Lipinski definition) is 5. The van der Waals surface area contributed by atoms with Crippen molar-refractivity contribution in [3.05, 3.63) is 59.1 Å². The number of carboxylic acid groups (broad SMARTS) is 1. The molecule has 2 aliphatic rings. The summed E-state index contributed by atoms with van der Waals surface area (Å²) in [7, 11) is 0.